The minimum absolute atomic E-state index is 0.0840. The van der Waals surface area contributed by atoms with Gasteiger partial charge >= 0.3 is 5.97 Å². The molecule has 20 heavy (non-hydrogen) atoms. The van der Waals surface area contributed by atoms with Crippen molar-refractivity contribution >= 4 is 16.0 Å². The lowest BCUT2D eigenvalue weighted by molar-refractivity contribution is -0.144. The summed E-state index contributed by atoms with van der Waals surface area (Å²) in [5.41, 5.74) is 0. The monoisotopic (exact) mass is 301 g/mol. The van der Waals surface area contributed by atoms with Crippen LogP contribution in [0.1, 0.15) is 19.8 Å². The van der Waals surface area contributed by atoms with Crippen LogP contribution in [0.15, 0.2) is 29.2 Å². The molecule has 0 amide bonds. The Hall–Kier alpha value is -1.47. The molecule has 110 valence electrons. The van der Waals surface area contributed by atoms with E-state index in [2.05, 4.69) is 0 Å². The first kappa shape index (κ1) is 14.9. The van der Waals surface area contributed by atoms with Crippen LogP contribution < -0.4 is 0 Å². The quantitative estimate of drug-likeness (QED) is 0.922. The third kappa shape index (κ3) is 2.69. The SMILES string of the molecule is CC1CCCN(S(=O)(=O)c2ccc(F)cc2)C1C(=O)O. The maximum Gasteiger partial charge on any atom is 0.322 e. The minimum atomic E-state index is -3.92. The van der Waals surface area contributed by atoms with Gasteiger partial charge in [-0.05, 0) is 43.0 Å². The van der Waals surface area contributed by atoms with Gasteiger partial charge in [0.1, 0.15) is 11.9 Å². The molecule has 7 heteroatoms. The van der Waals surface area contributed by atoms with E-state index in [1.54, 1.807) is 6.92 Å². The molecule has 1 aliphatic heterocycles. The molecule has 1 fully saturated rings. The highest BCUT2D eigenvalue weighted by molar-refractivity contribution is 7.89. The van der Waals surface area contributed by atoms with Gasteiger partial charge in [-0.25, -0.2) is 12.8 Å². The number of benzene rings is 1. The van der Waals surface area contributed by atoms with Gasteiger partial charge in [0.15, 0.2) is 0 Å². The standard InChI is InChI=1S/C13H16FNO4S/c1-9-3-2-8-15(12(9)13(16)17)20(18,19)11-6-4-10(14)5-7-11/h4-7,9,12H,2-3,8H2,1H3,(H,16,17). The fraction of sp³-hybridized carbons (Fsp3) is 0.462. The molecule has 2 unspecified atom stereocenters. The van der Waals surface area contributed by atoms with Crippen LogP contribution in [-0.4, -0.2) is 36.4 Å². The molecule has 1 aliphatic rings. The number of carbonyl (C=O) groups is 1. The van der Waals surface area contributed by atoms with Gasteiger partial charge in [-0.1, -0.05) is 6.92 Å². The third-order valence-electron chi connectivity index (χ3n) is 3.56. The van der Waals surface area contributed by atoms with Gasteiger partial charge in [0.05, 0.1) is 4.90 Å². The average molecular weight is 301 g/mol. The molecular weight excluding hydrogens is 285 g/mol. The normalized spacial score (nSPS) is 24.5. The molecule has 0 spiro atoms. The first-order valence-corrected chi connectivity index (χ1v) is 7.78. The molecule has 0 saturated carbocycles. The Morgan fingerprint density at radius 3 is 2.50 bits per heavy atom. The van der Waals surface area contributed by atoms with Gasteiger partial charge in [-0.2, -0.15) is 4.31 Å². The van der Waals surface area contributed by atoms with Crippen LogP contribution in [0.3, 0.4) is 0 Å². The average Bonchev–Trinajstić information content (AvgIpc) is 2.38. The molecule has 0 aromatic heterocycles. The minimum Gasteiger partial charge on any atom is -0.480 e. The number of hydrogen-bond donors (Lipinski definition) is 1. The zero-order valence-corrected chi connectivity index (χ0v) is 11.8. The Labute approximate surface area is 117 Å². The van der Waals surface area contributed by atoms with Crippen LogP contribution in [0.25, 0.3) is 0 Å². The fourth-order valence-corrected chi connectivity index (χ4v) is 4.25. The van der Waals surface area contributed by atoms with E-state index in [0.29, 0.717) is 12.8 Å². The van der Waals surface area contributed by atoms with Crippen molar-refractivity contribution in [3.63, 3.8) is 0 Å². The number of carboxylic acids is 1. The second-order valence-electron chi connectivity index (χ2n) is 4.97. The highest BCUT2D eigenvalue weighted by atomic mass is 32.2. The van der Waals surface area contributed by atoms with Crippen molar-refractivity contribution in [1.82, 2.24) is 4.31 Å². The summed E-state index contributed by atoms with van der Waals surface area (Å²) in [7, 11) is -3.92. The summed E-state index contributed by atoms with van der Waals surface area (Å²) in [5.74, 6) is -1.94. The number of rotatable bonds is 3. The zero-order valence-electron chi connectivity index (χ0n) is 11.0. The van der Waals surface area contributed by atoms with Crippen molar-refractivity contribution in [2.75, 3.05) is 6.54 Å². The summed E-state index contributed by atoms with van der Waals surface area (Å²) in [6, 6.07) is 3.34. The summed E-state index contributed by atoms with van der Waals surface area (Å²) in [4.78, 5) is 11.3. The van der Waals surface area contributed by atoms with Gasteiger partial charge in [-0.15, -0.1) is 0 Å². The van der Waals surface area contributed by atoms with Crippen molar-refractivity contribution in [2.45, 2.75) is 30.7 Å². The van der Waals surface area contributed by atoms with Gasteiger partial charge < -0.3 is 5.11 Å². The predicted molar refractivity (Wildman–Crippen MR) is 70.1 cm³/mol. The molecule has 1 aromatic rings. The number of halogens is 1. The molecule has 1 saturated heterocycles. The number of sulfonamides is 1. The maximum absolute atomic E-state index is 12.9. The summed E-state index contributed by atoms with van der Waals surface area (Å²) in [6.45, 7) is 1.89. The van der Waals surface area contributed by atoms with Gasteiger partial charge in [0.2, 0.25) is 10.0 Å². The van der Waals surface area contributed by atoms with Crippen LogP contribution in [-0.2, 0) is 14.8 Å². The Kier molecular flexibility index (Phi) is 4.10. The molecule has 2 rings (SSSR count). The van der Waals surface area contributed by atoms with E-state index >= 15 is 0 Å². The molecule has 0 bridgehead atoms. The van der Waals surface area contributed by atoms with Crippen molar-refractivity contribution in [1.29, 1.82) is 0 Å². The topological polar surface area (TPSA) is 74.7 Å². The first-order chi connectivity index (χ1) is 9.34. The lowest BCUT2D eigenvalue weighted by Crippen LogP contribution is -2.51. The van der Waals surface area contributed by atoms with Crippen LogP contribution in [0, 0.1) is 11.7 Å². The molecule has 1 heterocycles. The summed E-state index contributed by atoms with van der Waals surface area (Å²) < 4.78 is 38.9. The molecule has 0 radical (unpaired) electrons. The lowest BCUT2D eigenvalue weighted by Gasteiger charge is -2.36. The number of aliphatic carboxylic acids is 1. The highest BCUT2D eigenvalue weighted by Crippen LogP contribution is 2.29. The fourth-order valence-electron chi connectivity index (χ4n) is 2.53. The maximum atomic E-state index is 12.9. The van der Waals surface area contributed by atoms with E-state index in [9.17, 15) is 22.7 Å². The second-order valence-corrected chi connectivity index (χ2v) is 6.86. The van der Waals surface area contributed by atoms with E-state index in [4.69, 9.17) is 0 Å². The highest BCUT2D eigenvalue weighted by Gasteiger charge is 2.41. The third-order valence-corrected chi connectivity index (χ3v) is 5.46. The summed E-state index contributed by atoms with van der Waals surface area (Å²) in [5, 5.41) is 9.27. The van der Waals surface area contributed by atoms with Gasteiger partial charge in [0.25, 0.3) is 0 Å². The van der Waals surface area contributed by atoms with Crippen LogP contribution in [0.2, 0.25) is 0 Å². The predicted octanol–water partition coefficient (Wildman–Crippen LogP) is 1.70. The molecule has 1 aromatic carbocycles. The van der Waals surface area contributed by atoms with Gasteiger partial charge in [-0.3, -0.25) is 4.79 Å². The molecule has 1 N–H and O–H groups in total. The Balaban J connectivity index is 2.41. The summed E-state index contributed by atoms with van der Waals surface area (Å²) in [6.07, 6.45) is 1.29. The second kappa shape index (κ2) is 5.49. The van der Waals surface area contributed by atoms with E-state index in [-0.39, 0.29) is 17.4 Å². The summed E-state index contributed by atoms with van der Waals surface area (Å²) >= 11 is 0. The number of carboxylic acid groups (broad SMARTS) is 1. The van der Waals surface area contributed by atoms with E-state index in [1.165, 1.54) is 0 Å². The van der Waals surface area contributed by atoms with E-state index in [0.717, 1.165) is 28.6 Å². The largest absolute Gasteiger partial charge is 0.480 e. The molecule has 2 atom stereocenters. The van der Waals surface area contributed by atoms with Crippen molar-refractivity contribution in [3.05, 3.63) is 30.1 Å². The first-order valence-electron chi connectivity index (χ1n) is 6.34. The number of piperidine rings is 1. The van der Waals surface area contributed by atoms with Crippen LogP contribution in [0.4, 0.5) is 4.39 Å². The number of nitrogens with zero attached hydrogens (tertiary/aromatic N) is 1. The van der Waals surface area contributed by atoms with Crippen molar-refractivity contribution in [2.24, 2.45) is 5.92 Å². The Bertz CT molecular complexity index is 599. The van der Waals surface area contributed by atoms with E-state index in [1.807, 2.05) is 0 Å². The number of hydrogen-bond acceptors (Lipinski definition) is 3. The van der Waals surface area contributed by atoms with Crippen molar-refractivity contribution < 1.29 is 22.7 Å². The molecule has 5 nitrogen and oxygen atoms in total. The van der Waals surface area contributed by atoms with Crippen molar-refractivity contribution in [3.8, 4) is 0 Å². The van der Waals surface area contributed by atoms with Gasteiger partial charge in [0, 0.05) is 6.54 Å². The zero-order chi connectivity index (χ0) is 14.9. The Morgan fingerprint density at radius 2 is 1.95 bits per heavy atom. The Morgan fingerprint density at radius 1 is 1.35 bits per heavy atom. The van der Waals surface area contributed by atoms with Crippen LogP contribution >= 0.6 is 0 Å². The smallest absolute Gasteiger partial charge is 0.322 e. The van der Waals surface area contributed by atoms with Crippen LogP contribution in [0.5, 0.6) is 0 Å². The molecule has 0 aliphatic carbocycles. The molecular formula is C13H16FNO4S. The lowest BCUT2D eigenvalue weighted by atomic mass is 9.93. The van der Waals surface area contributed by atoms with E-state index < -0.39 is 27.9 Å².